The van der Waals surface area contributed by atoms with Crippen molar-refractivity contribution in [2.75, 3.05) is 0 Å². The lowest BCUT2D eigenvalue weighted by atomic mass is 10.0. The molecule has 2 N–H and O–H groups in total. The predicted octanol–water partition coefficient (Wildman–Crippen LogP) is 3.85. The molecule has 0 saturated heterocycles. The van der Waals surface area contributed by atoms with Gasteiger partial charge in [0.15, 0.2) is 0 Å². The molecule has 20 heavy (non-hydrogen) atoms. The number of hydrogen-bond donors (Lipinski definition) is 1. The van der Waals surface area contributed by atoms with E-state index in [-0.39, 0.29) is 17.9 Å². The van der Waals surface area contributed by atoms with Crippen molar-refractivity contribution in [2.45, 2.75) is 12.9 Å². The zero-order chi connectivity index (χ0) is 14.8. The molecule has 0 aliphatic rings. The van der Waals surface area contributed by atoms with Crippen molar-refractivity contribution in [3.05, 3.63) is 53.8 Å². The van der Waals surface area contributed by atoms with Crippen molar-refractivity contribution in [3.63, 3.8) is 0 Å². The van der Waals surface area contributed by atoms with Gasteiger partial charge in [0.25, 0.3) is 0 Å². The number of halogens is 4. The molecule has 0 atom stereocenters. The molecule has 2 rings (SSSR count). The zero-order valence-corrected chi connectivity index (χ0v) is 10.2. The first-order valence-electron chi connectivity index (χ1n) is 5.74. The minimum absolute atomic E-state index is 0.0505. The maximum absolute atomic E-state index is 14.0. The number of rotatable bonds is 3. The van der Waals surface area contributed by atoms with Crippen LogP contribution >= 0.6 is 0 Å². The van der Waals surface area contributed by atoms with Crippen LogP contribution in [0.15, 0.2) is 42.5 Å². The van der Waals surface area contributed by atoms with Crippen molar-refractivity contribution in [2.24, 2.45) is 5.73 Å². The highest BCUT2D eigenvalue weighted by Crippen LogP contribution is 2.28. The Morgan fingerprint density at radius 3 is 2.20 bits per heavy atom. The van der Waals surface area contributed by atoms with Crippen LogP contribution < -0.4 is 10.5 Å². The summed E-state index contributed by atoms with van der Waals surface area (Å²) in [5.41, 5.74) is 6.49. The molecule has 0 unspecified atom stereocenters. The van der Waals surface area contributed by atoms with Crippen molar-refractivity contribution in [3.8, 4) is 16.9 Å². The lowest BCUT2D eigenvalue weighted by Crippen LogP contribution is -2.16. The van der Waals surface area contributed by atoms with Gasteiger partial charge in [-0.1, -0.05) is 30.3 Å². The van der Waals surface area contributed by atoms with Gasteiger partial charge in [-0.2, -0.15) is 0 Å². The minimum Gasteiger partial charge on any atom is -0.406 e. The molecule has 0 fully saturated rings. The third-order valence-electron chi connectivity index (χ3n) is 2.70. The lowest BCUT2D eigenvalue weighted by molar-refractivity contribution is -0.274. The van der Waals surface area contributed by atoms with E-state index in [4.69, 9.17) is 5.73 Å². The molecule has 0 aliphatic heterocycles. The van der Waals surface area contributed by atoms with Gasteiger partial charge in [0.1, 0.15) is 11.6 Å². The van der Waals surface area contributed by atoms with Crippen LogP contribution in [0.1, 0.15) is 5.56 Å². The standard InChI is InChI=1S/C14H11F4NO/c15-13-10(8-19)2-1-3-12(13)9-4-6-11(7-5-9)20-14(16,17)18/h1-7H,8,19H2. The first-order valence-corrected chi connectivity index (χ1v) is 5.74. The number of benzene rings is 2. The van der Waals surface area contributed by atoms with Crippen molar-refractivity contribution in [1.29, 1.82) is 0 Å². The third kappa shape index (κ3) is 3.27. The van der Waals surface area contributed by atoms with E-state index in [1.165, 1.54) is 18.2 Å². The molecular weight excluding hydrogens is 274 g/mol. The Bertz CT molecular complexity index is 593. The summed E-state index contributed by atoms with van der Waals surface area (Å²) < 4.78 is 53.9. The van der Waals surface area contributed by atoms with Crippen LogP contribution in [-0.4, -0.2) is 6.36 Å². The van der Waals surface area contributed by atoms with Gasteiger partial charge in [0.05, 0.1) is 0 Å². The quantitative estimate of drug-likeness (QED) is 0.869. The average molecular weight is 285 g/mol. The van der Waals surface area contributed by atoms with Gasteiger partial charge in [-0.25, -0.2) is 4.39 Å². The summed E-state index contributed by atoms with van der Waals surface area (Å²) >= 11 is 0. The Morgan fingerprint density at radius 1 is 1.00 bits per heavy atom. The molecular formula is C14H11F4NO. The second-order valence-electron chi connectivity index (χ2n) is 4.05. The van der Waals surface area contributed by atoms with Crippen molar-refractivity contribution in [1.82, 2.24) is 0 Å². The number of hydrogen-bond acceptors (Lipinski definition) is 2. The second-order valence-corrected chi connectivity index (χ2v) is 4.05. The van der Waals surface area contributed by atoms with Gasteiger partial charge < -0.3 is 10.5 Å². The van der Waals surface area contributed by atoms with Gasteiger partial charge in [-0.15, -0.1) is 13.2 Å². The largest absolute Gasteiger partial charge is 0.573 e. The number of nitrogens with two attached hydrogens (primary N) is 1. The Balaban J connectivity index is 2.31. The van der Waals surface area contributed by atoms with E-state index >= 15 is 0 Å². The van der Waals surface area contributed by atoms with Crippen LogP contribution in [0.5, 0.6) is 5.75 Å². The van der Waals surface area contributed by atoms with Gasteiger partial charge in [-0.3, -0.25) is 0 Å². The first-order chi connectivity index (χ1) is 9.40. The highest BCUT2D eigenvalue weighted by Gasteiger charge is 2.30. The van der Waals surface area contributed by atoms with E-state index in [9.17, 15) is 17.6 Å². The fraction of sp³-hybridized carbons (Fsp3) is 0.143. The Hall–Kier alpha value is -2.08. The molecule has 0 bridgehead atoms. The second kappa shape index (κ2) is 5.50. The highest BCUT2D eigenvalue weighted by molar-refractivity contribution is 5.65. The first kappa shape index (κ1) is 14.3. The van der Waals surface area contributed by atoms with Crippen molar-refractivity contribution >= 4 is 0 Å². The molecule has 0 aromatic heterocycles. The zero-order valence-electron chi connectivity index (χ0n) is 10.2. The molecule has 0 radical (unpaired) electrons. The smallest absolute Gasteiger partial charge is 0.406 e. The summed E-state index contributed by atoms with van der Waals surface area (Å²) in [4.78, 5) is 0. The molecule has 0 spiro atoms. The Kier molecular flexibility index (Phi) is 3.94. The van der Waals surface area contributed by atoms with Crippen molar-refractivity contribution < 1.29 is 22.3 Å². The summed E-state index contributed by atoms with van der Waals surface area (Å²) in [5, 5.41) is 0. The molecule has 2 aromatic carbocycles. The SMILES string of the molecule is NCc1cccc(-c2ccc(OC(F)(F)F)cc2)c1F. The Morgan fingerprint density at radius 2 is 1.65 bits per heavy atom. The summed E-state index contributed by atoms with van der Waals surface area (Å²) in [6.45, 7) is 0.0505. The van der Waals surface area contributed by atoms with Gasteiger partial charge in [0, 0.05) is 17.7 Å². The maximum atomic E-state index is 14.0. The molecule has 0 saturated carbocycles. The van der Waals surface area contributed by atoms with Gasteiger partial charge >= 0.3 is 6.36 Å². The molecule has 0 amide bonds. The number of alkyl halides is 3. The van der Waals surface area contributed by atoms with E-state index in [2.05, 4.69) is 4.74 Å². The molecule has 0 heterocycles. The predicted molar refractivity (Wildman–Crippen MR) is 66.4 cm³/mol. The molecule has 6 heteroatoms. The van der Waals surface area contributed by atoms with Crippen LogP contribution in [-0.2, 0) is 6.54 Å². The summed E-state index contributed by atoms with van der Waals surface area (Å²) in [6.07, 6.45) is -4.74. The monoisotopic (exact) mass is 285 g/mol. The fourth-order valence-electron chi connectivity index (χ4n) is 1.80. The molecule has 0 aliphatic carbocycles. The van der Waals surface area contributed by atoms with E-state index in [0.29, 0.717) is 11.1 Å². The van der Waals surface area contributed by atoms with E-state index in [1.807, 2.05) is 0 Å². The summed E-state index contributed by atoms with van der Waals surface area (Å²) in [5.74, 6) is -0.823. The van der Waals surface area contributed by atoms with E-state index in [0.717, 1.165) is 12.1 Å². The van der Waals surface area contributed by atoms with Crippen LogP contribution in [0.3, 0.4) is 0 Å². The Labute approximate surface area is 112 Å². The minimum atomic E-state index is -4.74. The van der Waals surface area contributed by atoms with E-state index < -0.39 is 12.2 Å². The highest BCUT2D eigenvalue weighted by atomic mass is 19.4. The van der Waals surface area contributed by atoms with Crippen LogP contribution in [0.4, 0.5) is 17.6 Å². The van der Waals surface area contributed by atoms with Gasteiger partial charge in [0.2, 0.25) is 0 Å². The van der Waals surface area contributed by atoms with Crippen LogP contribution in [0.25, 0.3) is 11.1 Å². The van der Waals surface area contributed by atoms with E-state index in [1.54, 1.807) is 12.1 Å². The summed E-state index contributed by atoms with van der Waals surface area (Å²) in [7, 11) is 0. The molecule has 2 nitrogen and oxygen atoms in total. The normalized spacial score (nSPS) is 11.4. The van der Waals surface area contributed by atoms with Gasteiger partial charge in [-0.05, 0) is 17.7 Å². The average Bonchev–Trinajstić information content (AvgIpc) is 2.38. The molecule has 106 valence electrons. The summed E-state index contributed by atoms with van der Waals surface area (Å²) in [6, 6.07) is 9.73. The van der Waals surface area contributed by atoms with Crippen LogP contribution in [0.2, 0.25) is 0 Å². The topological polar surface area (TPSA) is 35.2 Å². The van der Waals surface area contributed by atoms with Crippen LogP contribution in [0, 0.1) is 5.82 Å². The fourth-order valence-corrected chi connectivity index (χ4v) is 1.80. The third-order valence-corrected chi connectivity index (χ3v) is 2.70. The lowest BCUT2D eigenvalue weighted by Gasteiger charge is -2.10. The molecule has 2 aromatic rings. The maximum Gasteiger partial charge on any atom is 0.573 e. The number of ether oxygens (including phenoxy) is 1.